The molecule has 0 bridgehead atoms. The lowest BCUT2D eigenvalue weighted by Crippen LogP contribution is -2.20. The van der Waals surface area contributed by atoms with Crippen molar-refractivity contribution in [3.63, 3.8) is 0 Å². The maximum atomic E-state index is 5.98. The lowest BCUT2D eigenvalue weighted by Gasteiger charge is -2.20. The maximum Gasteiger partial charge on any atom is 0.162 e. The highest BCUT2D eigenvalue weighted by molar-refractivity contribution is 6.30. The molecule has 3 rings (SSSR count). The van der Waals surface area contributed by atoms with E-state index >= 15 is 0 Å². The van der Waals surface area contributed by atoms with Gasteiger partial charge in [0.05, 0.1) is 5.52 Å². The Kier molecular flexibility index (Phi) is 4.77. The molecule has 0 N–H and O–H groups in total. The average molecular weight is 326 g/mol. The molecule has 2 aromatic carbocycles. The van der Waals surface area contributed by atoms with Gasteiger partial charge >= 0.3 is 0 Å². The minimum atomic E-state index is 0.717. The van der Waals surface area contributed by atoms with E-state index in [0.717, 1.165) is 52.5 Å². The van der Waals surface area contributed by atoms with Gasteiger partial charge in [0, 0.05) is 29.6 Å². The first-order valence-corrected chi connectivity index (χ1v) is 8.30. The normalized spacial score (nSPS) is 10.9. The molecule has 23 heavy (non-hydrogen) atoms. The summed E-state index contributed by atoms with van der Waals surface area (Å²) in [4.78, 5) is 11.8. The molecule has 3 nitrogen and oxygen atoms in total. The number of benzene rings is 2. The molecule has 0 spiro atoms. The van der Waals surface area contributed by atoms with E-state index in [0.29, 0.717) is 0 Å². The number of hydrogen-bond donors (Lipinski definition) is 0. The zero-order valence-electron chi connectivity index (χ0n) is 13.5. The second kappa shape index (κ2) is 6.97. The first kappa shape index (κ1) is 15.8. The Morgan fingerprint density at radius 3 is 2.48 bits per heavy atom. The van der Waals surface area contributed by atoms with Crippen LogP contribution in [0.2, 0.25) is 5.02 Å². The number of unbranched alkanes of at least 4 members (excludes halogenated alkanes) is 1. The van der Waals surface area contributed by atoms with Gasteiger partial charge in [-0.3, -0.25) is 0 Å². The number of anilines is 1. The van der Waals surface area contributed by atoms with Crippen LogP contribution in [-0.2, 0) is 0 Å². The van der Waals surface area contributed by atoms with Crippen LogP contribution in [0.4, 0.5) is 5.82 Å². The van der Waals surface area contributed by atoms with Crippen molar-refractivity contribution >= 4 is 28.3 Å². The number of aromatic nitrogens is 2. The first-order chi connectivity index (χ1) is 11.2. The molecule has 4 heteroatoms. The fraction of sp³-hybridized carbons (Fsp3) is 0.263. The van der Waals surface area contributed by atoms with Gasteiger partial charge < -0.3 is 4.90 Å². The van der Waals surface area contributed by atoms with Crippen molar-refractivity contribution in [2.45, 2.75) is 19.8 Å². The van der Waals surface area contributed by atoms with E-state index in [2.05, 4.69) is 24.9 Å². The van der Waals surface area contributed by atoms with E-state index < -0.39 is 0 Å². The van der Waals surface area contributed by atoms with E-state index in [4.69, 9.17) is 21.6 Å². The standard InChI is InChI=1S/C19H20ClN3/c1-3-4-13-23(2)19-16-7-5-6-8-17(16)21-18(22-19)14-9-11-15(20)12-10-14/h5-12H,3-4,13H2,1-2H3. The number of nitrogens with zero attached hydrogens (tertiary/aromatic N) is 3. The molecule has 1 heterocycles. The van der Waals surface area contributed by atoms with Gasteiger partial charge in [-0.25, -0.2) is 9.97 Å². The van der Waals surface area contributed by atoms with E-state index in [1.165, 1.54) is 0 Å². The number of hydrogen-bond acceptors (Lipinski definition) is 3. The highest BCUT2D eigenvalue weighted by atomic mass is 35.5. The molecular formula is C19H20ClN3. The highest BCUT2D eigenvalue weighted by Crippen LogP contribution is 2.27. The summed E-state index contributed by atoms with van der Waals surface area (Å²) in [5, 5.41) is 1.80. The molecule has 0 unspecified atom stereocenters. The molecule has 1 aromatic heterocycles. The van der Waals surface area contributed by atoms with Gasteiger partial charge in [-0.2, -0.15) is 0 Å². The average Bonchev–Trinajstić information content (AvgIpc) is 2.59. The molecule has 0 amide bonds. The van der Waals surface area contributed by atoms with Crippen molar-refractivity contribution in [2.75, 3.05) is 18.5 Å². The Bertz CT molecular complexity index is 799. The summed E-state index contributed by atoms with van der Waals surface area (Å²) in [7, 11) is 2.09. The zero-order valence-corrected chi connectivity index (χ0v) is 14.2. The van der Waals surface area contributed by atoms with Crippen LogP contribution in [0.3, 0.4) is 0 Å². The minimum absolute atomic E-state index is 0.717. The molecule has 0 aliphatic heterocycles. The fourth-order valence-electron chi connectivity index (χ4n) is 2.58. The number of para-hydroxylation sites is 1. The van der Waals surface area contributed by atoms with Gasteiger partial charge in [0.25, 0.3) is 0 Å². The Morgan fingerprint density at radius 2 is 1.74 bits per heavy atom. The zero-order chi connectivity index (χ0) is 16.2. The van der Waals surface area contributed by atoms with Crippen molar-refractivity contribution in [1.82, 2.24) is 9.97 Å². The van der Waals surface area contributed by atoms with Crippen LogP contribution in [0, 0.1) is 0 Å². The molecule has 0 radical (unpaired) electrons. The van der Waals surface area contributed by atoms with Gasteiger partial charge in [0.15, 0.2) is 5.82 Å². The van der Waals surface area contributed by atoms with E-state index in [-0.39, 0.29) is 0 Å². The predicted octanol–water partition coefficient (Wildman–Crippen LogP) is 5.19. The van der Waals surface area contributed by atoms with Crippen LogP contribution in [-0.4, -0.2) is 23.6 Å². The van der Waals surface area contributed by atoms with Crippen LogP contribution in [0.25, 0.3) is 22.3 Å². The smallest absolute Gasteiger partial charge is 0.162 e. The lowest BCUT2D eigenvalue weighted by atomic mass is 10.1. The van der Waals surface area contributed by atoms with Crippen LogP contribution < -0.4 is 4.90 Å². The van der Waals surface area contributed by atoms with Crippen LogP contribution in [0.15, 0.2) is 48.5 Å². The Hall–Kier alpha value is -2.13. The van der Waals surface area contributed by atoms with Crippen LogP contribution in [0.5, 0.6) is 0 Å². The second-order valence-electron chi connectivity index (χ2n) is 5.67. The van der Waals surface area contributed by atoms with Crippen molar-refractivity contribution in [2.24, 2.45) is 0 Å². The van der Waals surface area contributed by atoms with Crippen LogP contribution >= 0.6 is 11.6 Å². The summed E-state index contributed by atoms with van der Waals surface area (Å²) in [6.45, 7) is 3.18. The van der Waals surface area contributed by atoms with Crippen molar-refractivity contribution in [1.29, 1.82) is 0 Å². The third-order valence-corrected chi connectivity index (χ3v) is 4.15. The first-order valence-electron chi connectivity index (χ1n) is 7.93. The quantitative estimate of drug-likeness (QED) is 0.646. The molecule has 0 aliphatic carbocycles. The van der Waals surface area contributed by atoms with Gasteiger partial charge in [-0.1, -0.05) is 37.1 Å². The molecule has 0 aliphatic rings. The number of fused-ring (bicyclic) bond motifs is 1. The Labute approximate surface area is 141 Å². The van der Waals surface area contributed by atoms with Crippen molar-refractivity contribution in [3.8, 4) is 11.4 Å². The molecule has 0 atom stereocenters. The molecule has 0 saturated heterocycles. The Morgan fingerprint density at radius 1 is 1.00 bits per heavy atom. The van der Waals surface area contributed by atoms with Gasteiger partial charge in [-0.05, 0) is 42.8 Å². The van der Waals surface area contributed by atoms with Crippen molar-refractivity contribution < 1.29 is 0 Å². The molecule has 0 saturated carbocycles. The lowest BCUT2D eigenvalue weighted by molar-refractivity contribution is 0.761. The largest absolute Gasteiger partial charge is 0.359 e. The van der Waals surface area contributed by atoms with E-state index in [9.17, 15) is 0 Å². The monoisotopic (exact) mass is 325 g/mol. The molecular weight excluding hydrogens is 306 g/mol. The van der Waals surface area contributed by atoms with Crippen LogP contribution in [0.1, 0.15) is 19.8 Å². The van der Waals surface area contributed by atoms with E-state index in [1.54, 1.807) is 0 Å². The fourth-order valence-corrected chi connectivity index (χ4v) is 2.71. The summed E-state index contributed by atoms with van der Waals surface area (Å²) in [6, 6.07) is 15.8. The Balaban J connectivity index is 2.11. The predicted molar refractivity (Wildman–Crippen MR) is 98.2 cm³/mol. The molecule has 0 fully saturated rings. The second-order valence-corrected chi connectivity index (χ2v) is 6.11. The summed E-state index contributed by atoms with van der Waals surface area (Å²) in [5.74, 6) is 1.72. The maximum absolute atomic E-state index is 5.98. The molecule has 3 aromatic rings. The summed E-state index contributed by atoms with van der Waals surface area (Å²) in [6.07, 6.45) is 2.31. The highest BCUT2D eigenvalue weighted by Gasteiger charge is 2.12. The van der Waals surface area contributed by atoms with Gasteiger partial charge in [0.2, 0.25) is 0 Å². The van der Waals surface area contributed by atoms with Gasteiger partial charge in [0.1, 0.15) is 5.82 Å². The van der Waals surface area contributed by atoms with E-state index in [1.807, 2.05) is 42.5 Å². The summed E-state index contributed by atoms with van der Waals surface area (Å²) in [5.41, 5.74) is 1.94. The summed E-state index contributed by atoms with van der Waals surface area (Å²) >= 11 is 5.98. The third kappa shape index (κ3) is 3.45. The topological polar surface area (TPSA) is 29.0 Å². The van der Waals surface area contributed by atoms with Gasteiger partial charge in [-0.15, -0.1) is 0 Å². The number of rotatable bonds is 5. The molecule has 118 valence electrons. The number of halogens is 1. The SMILES string of the molecule is CCCCN(C)c1nc(-c2ccc(Cl)cc2)nc2ccccc12. The van der Waals surface area contributed by atoms with Crippen molar-refractivity contribution in [3.05, 3.63) is 53.6 Å². The summed E-state index contributed by atoms with van der Waals surface area (Å²) < 4.78 is 0. The minimum Gasteiger partial charge on any atom is -0.359 e. The third-order valence-electron chi connectivity index (χ3n) is 3.89.